The summed E-state index contributed by atoms with van der Waals surface area (Å²) in [5.74, 6) is 0.517. The second-order valence-corrected chi connectivity index (χ2v) is 6.77. The topological polar surface area (TPSA) is 69.0 Å². The molecular weight excluding hydrogens is 308 g/mol. The lowest BCUT2D eigenvalue weighted by atomic mass is 9.92. The lowest BCUT2D eigenvalue weighted by Crippen LogP contribution is -2.35. The number of rotatable bonds is 4. The molecule has 2 fully saturated rings. The number of nitrogens with zero attached hydrogens (tertiary/aromatic N) is 4. The number of carbonyl (C=O) groups is 1. The molecule has 0 unspecified atom stereocenters. The van der Waals surface area contributed by atoms with Crippen molar-refractivity contribution in [1.82, 2.24) is 19.5 Å². The van der Waals surface area contributed by atoms with Gasteiger partial charge in [0.05, 0.1) is 24.9 Å². The SMILES string of the molecule is COCC[C@H]1CO[C@@]2(CCN(C(=O)c3cnn4cccnc34)C2)C1. The molecule has 1 spiro atoms. The number of fused-ring (bicyclic) bond motifs is 1. The van der Waals surface area contributed by atoms with Crippen molar-refractivity contribution in [2.45, 2.75) is 24.9 Å². The summed E-state index contributed by atoms with van der Waals surface area (Å²) in [5.41, 5.74) is 0.986. The van der Waals surface area contributed by atoms with Crippen molar-refractivity contribution in [2.75, 3.05) is 33.4 Å². The van der Waals surface area contributed by atoms with E-state index in [1.54, 1.807) is 36.3 Å². The molecular formula is C17H22N4O3. The summed E-state index contributed by atoms with van der Waals surface area (Å²) in [4.78, 5) is 19.0. The molecule has 7 heteroatoms. The van der Waals surface area contributed by atoms with Gasteiger partial charge in [0.25, 0.3) is 5.91 Å². The maximum atomic E-state index is 12.9. The molecule has 0 radical (unpaired) electrons. The van der Waals surface area contributed by atoms with Crippen LogP contribution in [0.15, 0.2) is 24.7 Å². The van der Waals surface area contributed by atoms with Gasteiger partial charge in [-0.15, -0.1) is 0 Å². The lowest BCUT2D eigenvalue weighted by Gasteiger charge is -2.23. The van der Waals surface area contributed by atoms with Crippen molar-refractivity contribution >= 4 is 11.6 Å². The van der Waals surface area contributed by atoms with Gasteiger partial charge in [-0.3, -0.25) is 4.79 Å². The molecule has 7 nitrogen and oxygen atoms in total. The minimum absolute atomic E-state index is 0.00971. The summed E-state index contributed by atoms with van der Waals surface area (Å²) in [7, 11) is 1.73. The van der Waals surface area contributed by atoms with Gasteiger partial charge in [0.1, 0.15) is 5.56 Å². The number of hydrogen-bond acceptors (Lipinski definition) is 5. The maximum absolute atomic E-state index is 12.9. The van der Waals surface area contributed by atoms with E-state index >= 15 is 0 Å². The van der Waals surface area contributed by atoms with Crippen LogP contribution in [0.25, 0.3) is 5.65 Å². The Balaban J connectivity index is 1.46. The maximum Gasteiger partial charge on any atom is 0.259 e. The van der Waals surface area contributed by atoms with Gasteiger partial charge >= 0.3 is 0 Å². The van der Waals surface area contributed by atoms with Crippen LogP contribution in [0.1, 0.15) is 29.6 Å². The van der Waals surface area contributed by atoms with E-state index in [1.807, 2.05) is 4.90 Å². The van der Waals surface area contributed by atoms with Crippen LogP contribution in [-0.4, -0.2) is 64.4 Å². The molecule has 0 aromatic carbocycles. The number of carbonyl (C=O) groups excluding carboxylic acids is 1. The molecule has 24 heavy (non-hydrogen) atoms. The Labute approximate surface area is 140 Å². The highest BCUT2D eigenvalue weighted by Gasteiger charge is 2.46. The standard InChI is InChI=1S/C17H22N4O3/c1-23-8-3-13-9-17(24-11-13)4-7-20(12-17)16(22)14-10-19-21-6-2-5-18-15(14)21/h2,5-6,10,13H,3-4,7-9,11-12H2,1H3/t13-,17+/m1/s1. The molecule has 4 heterocycles. The quantitative estimate of drug-likeness (QED) is 0.847. The van der Waals surface area contributed by atoms with Crippen LogP contribution in [0.2, 0.25) is 0 Å². The third-order valence-electron chi connectivity index (χ3n) is 5.13. The first-order valence-electron chi connectivity index (χ1n) is 8.41. The lowest BCUT2D eigenvalue weighted by molar-refractivity contribution is 0.0113. The fourth-order valence-corrected chi connectivity index (χ4v) is 3.86. The van der Waals surface area contributed by atoms with E-state index in [0.29, 0.717) is 23.7 Å². The first-order valence-corrected chi connectivity index (χ1v) is 8.41. The number of likely N-dealkylation sites (tertiary alicyclic amines) is 1. The Bertz CT molecular complexity index is 746. The first-order chi connectivity index (χ1) is 11.7. The average Bonchev–Trinajstić information content (AvgIpc) is 3.32. The van der Waals surface area contributed by atoms with Gasteiger partial charge in [0, 0.05) is 32.7 Å². The summed E-state index contributed by atoms with van der Waals surface area (Å²) in [6.45, 7) is 2.91. The Hall–Kier alpha value is -1.99. The van der Waals surface area contributed by atoms with Crippen molar-refractivity contribution in [1.29, 1.82) is 0 Å². The van der Waals surface area contributed by atoms with Gasteiger partial charge in [-0.25, -0.2) is 9.50 Å². The van der Waals surface area contributed by atoms with E-state index in [1.165, 1.54) is 0 Å². The van der Waals surface area contributed by atoms with Gasteiger partial charge in [-0.2, -0.15) is 5.10 Å². The number of hydrogen-bond donors (Lipinski definition) is 0. The van der Waals surface area contributed by atoms with Gasteiger partial charge in [0.15, 0.2) is 5.65 Å². The zero-order chi connectivity index (χ0) is 16.6. The van der Waals surface area contributed by atoms with Crippen molar-refractivity contribution in [3.05, 3.63) is 30.2 Å². The van der Waals surface area contributed by atoms with E-state index in [0.717, 1.165) is 39.0 Å². The number of aromatic nitrogens is 3. The zero-order valence-corrected chi connectivity index (χ0v) is 13.9. The molecule has 2 saturated heterocycles. The minimum atomic E-state index is -0.176. The van der Waals surface area contributed by atoms with Crippen LogP contribution < -0.4 is 0 Å². The number of amides is 1. The van der Waals surface area contributed by atoms with Gasteiger partial charge < -0.3 is 14.4 Å². The second kappa shape index (κ2) is 6.14. The summed E-state index contributed by atoms with van der Waals surface area (Å²) in [6.07, 6.45) is 8.00. The van der Waals surface area contributed by atoms with Crippen LogP contribution >= 0.6 is 0 Å². The average molecular weight is 330 g/mol. The van der Waals surface area contributed by atoms with Crippen LogP contribution in [0.4, 0.5) is 0 Å². The van der Waals surface area contributed by atoms with E-state index in [-0.39, 0.29) is 11.5 Å². The van der Waals surface area contributed by atoms with Crippen molar-refractivity contribution < 1.29 is 14.3 Å². The number of ether oxygens (including phenoxy) is 2. The van der Waals surface area contributed by atoms with Crippen LogP contribution in [0.5, 0.6) is 0 Å². The third-order valence-corrected chi connectivity index (χ3v) is 5.13. The molecule has 2 atom stereocenters. The molecule has 0 saturated carbocycles. The Morgan fingerprint density at radius 2 is 2.46 bits per heavy atom. The second-order valence-electron chi connectivity index (χ2n) is 6.77. The minimum Gasteiger partial charge on any atom is -0.385 e. The Morgan fingerprint density at radius 1 is 1.54 bits per heavy atom. The largest absolute Gasteiger partial charge is 0.385 e. The molecule has 2 aliphatic heterocycles. The van der Waals surface area contributed by atoms with E-state index in [9.17, 15) is 4.79 Å². The van der Waals surface area contributed by atoms with E-state index < -0.39 is 0 Å². The predicted molar refractivity (Wildman–Crippen MR) is 86.8 cm³/mol. The summed E-state index contributed by atoms with van der Waals surface area (Å²) in [5, 5.41) is 4.21. The van der Waals surface area contributed by atoms with Crippen molar-refractivity contribution in [2.24, 2.45) is 5.92 Å². The van der Waals surface area contributed by atoms with Gasteiger partial charge in [0.2, 0.25) is 0 Å². The zero-order valence-electron chi connectivity index (χ0n) is 13.9. The van der Waals surface area contributed by atoms with E-state index in [4.69, 9.17) is 9.47 Å². The van der Waals surface area contributed by atoms with Crippen LogP contribution in [0.3, 0.4) is 0 Å². The summed E-state index contributed by atoms with van der Waals surface area (Å²) < 4.78 is 12.9. The predicted octanol–water partition coefficient (Wildman–Crippen LogP) is 1.39. The monoisotopic (exact) mass is 330 g/mol. The Kier molecular flexibility index (Phi) is 3.97. The normalized spacial score (nSPS) is 26.7. The molecule has 2 aromatic heterocycles. The summed E-state index contributed by atoms with van der Waals surface area (Å²) in [6, 6.07) is 1.80. The number of methoxy groups -OCH3 is 1. The molecule has 2 aromatic rings. The van der Waals surface area contributed by atoms with Crippen LogP contribution in [0, 0.1) is 5.92 Å². The fourth-order valence-electron chi connectivity index (χ4n) is 3.86. The highest BCUT2D eigenvalue weighted by Crippen LogP contribution is 2.39. The van der Waals surface area contributed by atoms with Gasteiger partial charge in [-0.1, -0.05) is 0 Å². The Morgan fingerprint density at radius 3 is 3.33 bits per heavy atom. The molecule has 4 rings (SSSR count). The van der Waals surface area contributed by atoms with E-state index in [2.05, 4.69) is 10.1 Å². The molecule has 0 aliphatic carbocycles. The van der Waals surface area contributed by atoms with Crippen molar-refractivity contribution in [3.63, 3.8) is 0 Å². The van der Waals surface area contributed by atoms with Crippen molar-refractivity contribution in [3.8, 4) is 0 Å². The summed E-state index contributed by atoms with van der Waals surface area (Å²) >= 11 is 0. The highest BCUT2D eigenvalue weighted by atomic mass is 16.5. The smallest absolute Gasteiger partial charge is 0.259 e. The fraction of sp³-hybridized carbons (Fsp3) is 0.588. The molecule has 0 N–H and O–H groups in total. The highest BCUT2D eigenvalue weighted by molar-refractivity contribution is 5.99. The van der Waals surface area contributed by atoms with Crippen LogP contribution in [-0.2, 0) is 9.47 Å². The first kappa shape index (κ1) is 15.5. The van der Waals surface area contributed by atoms with Gasteiger partial charge in [-0.05, 0) is 31.2 Å². The molecule has 2 aliphatic rings. The molecule has 0 bridgehead atoms. The molecule has 128 valence electrons. The molecule has 1 amide bonds. The third kappa shape index (κ3) is 2.67.